The predicted octanol–water partition coefficient (Wildman–Crippen LogP) is 3.35. The SMILES string of the molecule is Cc1nc(-c2ccccn2)sc1C(=O)C(C)C. The summed E-state index contributed by atoms with van der Waals surface area (Å²) in [5, 5.41) is 0.812. The molecule has 0 bridgehead atoms. The highest BCUT2D eigenvalue weighted by molar-refractivity contribution is 7.17. The molecule has 17 heavy (non-hydrogen) atoms. The molecule has 0 saturated carbocycles. The fraction of sp³-hybridized carbons (Fsp3) is 0.308. The van der Waals surface area contributed by atoms with Crippen LogP contribution in [0.25, 0.3) is 10.7 Å². The first-order chi connectivity index (χ1) is 8.09. The molecule has 0 N–H and O–H groups in total. The van der Waals surface area contributed by atoms with Crippen molar-refractivity contribution >= 4 is 17.1 Å². The first kappa shape index (κ1) is 11.9. The van der Waals surface area contributed by atoms with Gasteiger partial charge in [0.1, 0.15) is 5.01 Å². The Labute approximate surface area is 105 Å². The van der Waals surface area contributed by atoms with E-state index >= 15 is 0 Å². The normalized spacial score (nSPS) is 10.8. The maximum Gasteiger partial charge on any atom is 0.177 e. The lowest BCUT2D eigenvalue weighted by atomic mass is 10.1. The minimum atomic E-state index is 0.00531. The topological polar surface area (TPSA) is 42.9 Å². The second-order valence-corrected chi connectivity index (χ2v) is 5.17. The van der Waals surface area contributed by atoms with Gasteiger partial charge in [0.05, 0.1) is 16.3 Å². The third kappa shape index (κ3) is 2.42. The van der Waals surface area contributed by atoms with Crippen LogP contribution in [-0.2, 0) is 0 Å². The van der Waals surface area contributed by atoms with Crippen molar-refractivity contribution in [3.63, 3.8) is 0 Å². The minimum absolute atomic E-state index is 0.00531. The van der Waals surface area contributed by atoms with Gasteiger partial charge < -0.3 is 0 Å². The van der Waals surface area contributed by atoms with Gasteiger partial charge in [-0.1, -0.05) is 19.9 Å². The van der Waals surface area contributed by atoms with Gasteiger partial charge in [-0.2, -0.15) is 0 Å². The van der Waals surface area contributed by atoms with Gasteiger partial charge in [0.15, 0.2) is 5.78 Å². The molecule has 3 nitrogen and oxygen atoms in total. The molecular formula is C13H14N2OS. The van der Waals surface area contributed by atoms with E-state index in [0.717, 1.165) is 21.3 Å². The summed E-state index contributed by atoms with van der Waals surface area (Å²) >= 11 is 1.43. The van der Waals surface area contributed by atoms with Gasteiger partial charge in [0.2, 0.25) is 0 Å². The van der Waals surface area contributed by atoms with Gasteiger partial charge in [0, 0.05) is 12.1 Å². The number of pyridine rings is 1. The van der Waals surface area contributed by atoms with Crippen LogP contribution in [0, 0.1) is 12.8 Å². The summed E-state index contributed by atoms with van der Waals surface area (Å²) in [5.74, 6) is 0.160. The van der Waals surface area contributed by atoms with Crippen LogP contribution in [0.3, 0.4) is 0 Å². The molecule has 0 aliphatic rings. The quantitative estimate of drug-likeness (QED) is 0.780. The Bertz CT molecular complexity index is 532. The molecule has 88 valence electrons. The molecule has 0 radical (unpaired) electrons. The number of Topliss-reactive ketones (excluding diaryl/α,β-unsaturated/α-hetero) is 1. The van der Waals surface area contributed by atoms with Crippen molar-refractivity contribution in [2.75, 3.05) is 0 Å². The summed E-state index contributed by atoms with van der Waals surface area (Å²) in [6.45, 7) is 5.68. The van der Waals surface area contributed by atoms with Crippen LogP contribution < -0.4 is 0 Å². The van der Waals surface area contributed by atoms with E-state index in [1.165, 1.54) is 11.3 Å². The molecule has 2 heterocycles. The highest BCUT2D eigenvalue weighted by atomic mass is 32.1. The molecule has 0 saturated heterocycles. The standard InChI is InChI=1S/C13H14N2OS/c1-8(2)11(16)12-9(3)15-13(17-12)10-6-4-5-7-14-10/h4-8H,1-3H3. The molecular weight excluding hydrogens is 232 g/mol. The molecule has 2 aromatic heterocycles. The minimum Gasteiger partial charge on any atom is -0.293 e. The zero-order valence-corrected chi connectivity index (χ0v) is 10.9. The number of nitrogens with zero attached hydrogens (tertiary/aromatic N) is 2. The van der Waals surface area contributed by atoms with E-state index < -0.39 is 0 Å². The van der Waals surface area contributed by atoms with Crippen molar-refractivity contribution in [2.24, 2.45) is 5.92 Å². The Balaban J connectivity index is 2.41. The Morgan fingerprint density at radius 3 is 2.71 bits per heavy atom. The second-order valence-electron chi connectivity index (χ2n) is 4.17. The zero-order chi connectivity index (χ0) is 12.4. The molecule has 0 aliphatic carbocycles. The molecule has 2 aromatic rings. The molecule has 0 aromatic carbocycles. The largest absolute Gasteiger partial charge is 0.293 e. The van der Waals surface area contributed by atoms with Crippen molar-refractivity contribution < 1.29 is 4.79 Å². The van der Waals surface area contributed by atoms with Crippen LogP contribution >= 0.6 is 11.3 Å². The monoisotopic (exact) mass is 246 g/mol. The fourth-order valence-corrected chi connectivity index (χ4v) is 2.62. The van der Waals surface area contributed by atoms with Gasteiger partial charge in [0.25, 0.3) is 0 Å². The number of aromatic nitrogens is 2. The van der Waals surface area contributed by atoms with E-state index in [-0.39, 0.29) is 11.7 Å². The van der Waals surface area contributed by atoms with Crippen molar-refractivity contribution in [3.05, 3.63) is 35.0 Å². The number of hydrogen-bond donors (Lipinski definition) is 0. The van der Waals surface area contributed by atoms with E-state index in [9.17, 15) is 4.79 Å². The Morgan fingerprint density at radius 2 is 2.12 bits per heavy atom. The maximum atomic E-state index is 12.0. The number of aryl methyl sites for hydroxylation is 1. The summed E-state index contributed by atoms with van der Waals surface area (Å²) in [4.78, 5) is 21.4. The predicted molar refractivity (Wildman–Crippen MR) is 69.3 cm³/mol. The molecule has 0 amide bonds. The summed E-state index contributed by atoms with van der Waals surface area (Å²) in [6.07, 6.45) is 1.73. The van der Waals surface area contributed by atoms with Crippen molar-refractivity contribution in [2.45, 2.75) is 20.8 Å². The molecule has 4 heteroatoms. The molecule has 0 unspecified atom stereocenters. The summed E-state index contributed by atoms with van der Waals surface area (Å²) in [6, 6.07) is 5.69. The van der Waals surface area contributed by atoms with Crippen molar-refractivity contribution in [1.82, 2.24) is 9.97 Å². The van der Waals surface area contributed by atoms with Crippen LogP contribution in [0.1, 0.15) is 29.2 Å². The Kier molecular flexibility index (Phi) is 3.33. The fourth-order valence-electron chi connectivity index (χ4n) is 1.49. The third-order valence-corrected chi connectivity index (χ3v) is 3.62. The average Bonchev–Trinajstić information content (AvgIpc) is 2.71. The lowest BCUT2D eigenvalue weighted by Gasteiger charge is -2.00. The lowest BCUT2D eigenvalue weighted by molar-refractivity contribution is 0.0942. The summed E-state index contributed by atoms with van der Waals surface area (Å²) in [5.41, 5.74) is 1.62. The highest BCUT2D eigenvalue weighted by Crippen LogP contribution is 2.28. The number of hydrogen-bond acceptors (Lipinski definition) is 4. The maximum absolute atomic E-state index is 12.0. The van der Waals surface area contributed by atoms with Gasteiger partial charge in [-0.15, -0.1) is 11.3 Å². The van der Waals surface area contributed by atoms with Crippen LogP contribution in [0.4, 0.5) is 0 Å². The highest BCUT2D eigenvalue weighted by Gasteiger charge is 2.18. The number of carbonyl (C=O) groups is 1. The van der Waals surface area contributed by atoms with E-state index in [0.29, 0.717) is 0 Å². The van der Waals surface area contributed by atoms with Gasteiger partial charge >= 0.3 is 0 Å². The molecule has 0 spiro atoms. The van der Waals surface area contributed by atoms with E-state index in [4.69, 9.17) is 0 Å². The lowest BCUT2D eigenvalue weighted by Crippen LogP contribution is -2.06. The first-order valence-corrected chi connectivity index (χ1v) is 6.34. The van der Waals surface area contributed by atoms with Crippen LogP contribution in [0.15, 0.2) is 24.4 Å². The Hall–Kier alpha value is -1.55. The number of rotatable bonds is 3. The number of thiazole rings is 1. The molecule has 0 fully saturated rings. The van der Waals surface area contributed by atoms with Gasteiger partial charge in [-0.05, 0) is 19.1 Å². The number of carbonyl (C=O) groups excluding carboxylic acids is 1. The van der Waals surface area contributed by atoms with Crippen molar-refractivity contribution in [1.29, 1.82) is 0 Å². The first-order valence-electron chi connectivity index (χ1n) is 5.52. The average molecular weight is 246 g/mol. The van der Waals surface area contributed by atoms with E-state index in [1.54, 1.807) is 6.20 Å². The van der Waals surface area contributed by atoms with E-state index in [1.807, 2.05) is 39.0 Å². The summed E-state index contributed by atoms with van der Waals surface area (Å²) in [7, 11) is 0. The zero-order valence-electron chi connectivity index (χ0n) is 10.1. The van der Waals surface area contributed by atoms with Crippen LogP contribution in [0.5, 0.6) is 0 Å². The van der Waals surface area contributed by atoms with E-state index in [2.05, 4.69) is 9.97 Å². The number of ketones is 1. The third-order valence-electron chi connectivity index (χ3n) is 2.43. The Morgan fingerprint density at radius 1 is 1.35 bits per heavy atom. The second kappa shape index (κ2) is 4.75. The van der Waals surface area contributed by atoms with Crippen LogP contribution in [0.2, 0.25) is 0 Å². The smallest absolute Gasteiger partial charge is 0.177 e. The molecule has 0 aliphatic heterocycles. The van der Waals surface area contributed by atoms with Crippen LogP contribution in [-0.4, -0.2) is 15.8 Å². The van der Waals surface area contributed by atoms with Gasteiger partial charge in [-0.25, -0.2) is 4.98 Å². The summed E-state index contributed by atoms with van der Waals surface area (Å²) < 4.78 is 0. The molecule has 0 atom stereocenters. The van der Waals surface area contributed by atoms with Crippen molar-refractivity contribution in [3.8, 4) is 10.7 Å². The van der Waals surface area contributed by atoms with Gasteiger partial charge in [-0.3, -0.25) is 9.78 Å². The molecule has 2 rings (SSSR count).